The van der Waals surface area contributed by atoms with Gasteiger partial charge in [-0.15, -0.1) is 0 Å². The summed E-state index contributed by atoms with van der Waals surface area (Å²) in [6, 6.07) is 1.88. The van der Waals surface area contributed by atoms with Gasteiger partial charge < -0.3 is 15.4 Å². The van der Waals surface area contributed by atoms with Crippen LogP contribution in [-0.4, -0.2) is 23.1 Å². The molecule has 1 amide bonds. The van der Waals surface area contributed by atoms with Crippen molar-refractivity contribution in [1.29, 1.82) is 0 Å². The first-order valence-electron chi connectivity index (χ1n) is 6.42. The number of fused-ring (bicyclic) bond motifs is 1. The molecule has 110 valence electrons. The monoisotopic (exact) mass is 360 g/mol. The van der Waals surface area contributed by atoms with E-state index < -0.39 is 5.60 Å². The van der Waals surface area contributed by atoms with E-state index >= 15 is 0 Å². The van der Waals surface area contributed by atoms with E-state index in [0.717, 1.165) is 22.0 Å². The molecule has 1 aromatic rings. The number of ether oxygens (including phenoxy) is 1. The Bertz CT molecular complexity index is 555. The minimum atomic E-state index is -0.492. The number of hydrogen-bond acceptors (Lipinski definition) is 3. The lowest BCUT2D eigenvalue weighted by atomic mass is 9.99. The van der Waals surface area contributed by atoms with Crippen LogP contribution in [0.15, 0.2) is 10.5 Å². The SMILES string of the molecule is CC(C)(C)OC(=O)N1CCc2cc(Cl)c(N)c(Br)c2C1. The van der Waals surface area contributed by atoms with Gasteiger partial charge in [0, 0.05) is 11.0 Å². The van der Waals surface area contributed by atoms with E-state index in [4.69, 9.17) is 22.1 Å². The number of hydrogen-bond donors (Lipinski definition) is 1. The lowest BCUT2D eigenvalue weighted by Gasteiger charge is -2.32. The number of nitrogens with two attached hydrogens (primary N) is 1. The average Bonchev–Trinajstić information content (AvgIpc) is 2.34. The number of amides is 1. The van der Waals surface area contributed by atoms with Crippen LogP contribution in [0.4, 0.5) is 10.5 Å². The van der Waals surface area contributed by atoms with Gasteiger partial charge in [-0.25, -0.2) is 4.79 Å². The summed E-state index contributed by atoms with van der Waals surface area (Å²) >= 11 is 9.54. The molecular weight excluding hydrogens is 344 g/mol. The zero-order chi connectivity index (χ0) is 15.1. The highest BCUT2D eigenvalue weighted by Crippen LogP contribution is 2.36. The molecule has 1 aliphatic heterocycles. The first-order valence-corrected chi connectivity index (χ1v) is 7.59. The highest BCUT2D eigenvalue weighted by Gasteiger charge is 2.27. The summed E-state index contributed by atoms with van der Waals surface area (Å²) in [5, 5.41) is 0.543. The Labute approximate surface area is 132 Å². The minimum absolute atomic E-state index is 0.302. The molecule has 1 heterocycles. The molecule has 1 aromatic carbocycles. The molecule has 1 aliphatic rings. The molecule has 0 unspecified atom stereocenters. The van der Waals surface area contributed by atoms with Crippen LogP contribution in [0.5, 0.6) is 0 Å². The van der Waals surface area contributed by atoms with Crippen molar-refractivity contribution in [3.63, 3.8) is 0 Å². The largest absolute Gasteiger partial charge is 0.444 e. The summed E-state index contributed by atoms with van der Waals surface area (Å²) in [6.45, 7) is 6.67. The third-order valence-corrected chi connectivity index (χ3v) is 4.32. The van der Waals surface area contributed by atoms with Gasteiger partial charge in [-0.2, -0.15) is 0 Å². The molecule has 0 radical (unpaired) electrons. The fourth-order valence-corrected chi connectivity index (χ4v) is 3.06. The van der Waals surface area contributed by atoms with E-state index in [1.54, 1.807) is 4.90 Å². The maximum Gasteiger partial charge on any atom is 0.410 e. The Hall–Kier alpha value is -0.940. The van der Waals surface area contributed by atoms with E-state index in [9.17, 15) is 4.79 Å². The van der Waals surface area contributed by atoms with Crippen LogP contribution in [-0.2, 0) is 17.7 Å². The van der Waals surface area contributed by atoms with Gasteiger partial charge in [0.15, 0.2) is 0 Å². The van der Waals surface area contributed by atoms with Gasteiger partial charge in [0.2, 0.25) is 0 Å². The number of nitrogens with zero attached hydrogens (tertiary/aromatic N) is 1. The number of rotatable bonds is 0. The molecule has 0 bridgehead atoms. The first-order chi connectivity index (χ1) is 9.19. The molecule has 0 saturated heterocycles. The zero-order valence-electron chi connectivity index (χ0n) is 11.8. The molecule has 0 spiro atoms. The van der Waals surface area contributed by atoms with Crippen molar-refractivity contribution < 1.29 is 9.53 Å². The summed E-state index contributed by atoms with van der Waals surface area (Å²) < 4.78 is 6.17. The Morgan fingerprint density at radius 3 is 2.75 bits per heavy atom. The Morgan fingerprint density at radius 1 is 1.50 bits per heavy atom. The molecule has 2 N–H and O–H groups in total. The van der Waals surface area contributed by atoms with E-state index in [1.807, 2.05) is 26.8 Å². The van der Waals surface area contributed by atoms with Crippen molar-refractivity contribution in [2.45, 2.75) is 39.3 Å². The van der Waals surface area contributed by atoms with Crippen LogP contribution in [0.25, 0.3) is 0 Å². The van der Waals surface area contributed by atoms with Crippen molar-refractivity contribution in [3.8, 4) is 0 Å². The van der Waals surface area contributed by atoms with Gasteiger partial charge in [-0.3, -0.25) is 0 Å². The van der Waals surface area contributed by atoms with Crippen LogP contribution in [0.3, 0.4) is 0 Å². The maximum atomic E-state index is 12.1. The predicted octanol–water partition coefficient (Wildman–Crippen LogP) is 3.98. The lowest BCUT2D eigenvalue weighted by molar-refractivity contribution is 0.0223. The van der Waals surface area contributed by atoms with Gasteiger partial charge in [0.05, 0.1) is 17.3 Å². The molecule has 0 aromatic heterocycles. The number of nitrogen functional groups attached to an aromatic ring is 1. The average molecular weight is 362 g/mol. The predicted molar refractivity (Wildman–Crippen MR) is 83.9 cm³/mol. The van der Waals surface area contributed by atoms with Crippen molar-refractivity contribution in [2.24, 2.45) is 0 Å². The van der Waals surface area contributed by atoms with E-state index in [0.29, 0.717) is 23.8 Å². The van der Waals surface area contributed by atoms with Gasteiger partial charge in [0.1, 0.15) is 5.60 Å². The fourth-order valence-electron chi connectivity index (χ4n) is 2.13. The number of benzene rings is 1. The number of carbonyl (C=O) groups excluding carboxylic acids is 1. The second kappa shape index (κ2) is 5.45. The van der Waals surface area contributed by atoms with Crippen LogP contribution in [0.2, 0.25) is 5.02 Å². The number of anilines is 1. The maximum absolute atomic E-state index is 12.1. The highest BCUT2D eigenvalue weighted by molar-refractivity contribution is 9.10. The van der Waals surface area contributed by atoms with E-state index in [2.05, 4.69) is 15.9 Å². The first kappa shape index (κ1) is 15.4. The molecule has 0 fully saturated rings. The van der Waals surface area contributed by atoms with Crippen LogP contribution in [0.1, 0.15) is 31.9 Å². The molecule has 0 saturated carbocycles. The second-order valence-electron chi connectivity index (χ2n) is 5.88. The Kier molecular flexibility index (Phi) is 4.21. The molecule has 0 aliphatic carbocycles. The standard InChI is InChI=1S/C14H18BrClN2O2/c1-14(2,3)20-13(19)18-5-4-8-6-10(16)12(17)11(15)9(8)7-18/h6H,4-5,7,17H2,1-3H3. The Balaban J connectivity index is 2.23. The molecule has 20 heavy (non-hydrogen) atoms. The topological polar surface area (TPSA) is 55.6 Å². The second-order valence-corrected chi connectivity index (χ2v) is 7.08. The van der Waals surface area contributed by atoms with E-state index in [-0.39, 0.29) is 6.09 Å². The van der Waals surface area contributed by atoms with Crippen molar-refractivity contribution in [2.75, 3.05) is 12.3 Å². The van der Waals surface area contributed by atoms with Crippen LogP contribution >= 0.6 is 27.5 Å². The molecule has 4 nitrogen and oxygen atoms in total. The Morgan fingerprint density at radius 2 is 2.15 bits per heavy atom. The molecular formula is C14H18BrClN2O2. The number of halogens is 2. The van der Waals surface area contributed by atoms with E-state index in [1.165, 1.54) is 0 Å². The smallest absolute Gasteiger partial charge is 0.410 e. The zero-order valence-corrected chi connectivity index (χ0v) is 14.1. The van der Waals surface area contributed by atoms with Gasteiger partial charge in [-0.05, 0) is 60.3 Å². The normalized spacial score (nSPS) is 14.9. The molecule has 6 heteroatoms. The van der Waals surface area contributed by atoms with Crippen LogP contribution in [0, 0.1) is 0 Å². The third-order valence-electron chi connectivity index (χ3n) is 3.10. The van der Waals surface area contributed by atoms with Crippen LogP contribution < -0.4 is 5.73 Å². The van der Waals surface area contributed by atoms with Gasteiger partial charge in [-0.1, -0.05) is 11.6 Å². The summed E-state index contributed by atoms with van der Waals surface area (Å²) in [5.74, 6) is 0. The lowest BCUT2D eigenvalue weighted by Crippen LogP contribution is -2.40. The van der Waals surface area contributed by atoms with Crippen molar-refractivity contribution in [1.82, 2.24) is 4.90 Å². The summed E-state index contributed by atoms with van der Waals surface area (Å²) in [5.41, 5.74) is 8.06. The van der Waals surface area contributed by atoms with Crippen molar-refractivity contribution in [3.05, 3.63) is 26.7 Å². The van der Waals surface area contributed by atoms with Gasteiger partial charge >= 0.3 is 6.09 Å². The van der Waals surface area contributed by atoms with Gasteiger partial charge in [0.25, 0.3) is 0 Å². The summed E-state index contributed by atoms with van der Waals surface area (Å²) in [4.78, 5) is 13.8. The van der Waals surface area contributed by atoms with Crippen molar-refractivity contribution >= 4 is 39.3 Å². The fraction of sp³-hybridized carbons (Fsp3) is 0.500. The molecule has 0 atom stereocenters. The quantitative estimate of drug-likeness (QED) is 0.711. The number of carbonyl (C=O) groups is 1. The minimum Gasteiger partial charge on any atom is -0.444 e. The molecule has 2 rings (SSSR count). The third kappa shape index (κ3) is 3.20. The summed E-state index contributed by atoms with van der Waals surface area (Å²) in [6.07, 6.45) is 0.441. The highest BCUT2D eigenvalue weighted by atomic mass is 79.9. The summed E-state index contributed by atoms with van der Waals surface area (Å²) in [7, 11) is 0.